The average Bonchev–Trinajstić information content (AvgIpc) is 2.56. The summed E-state index contributed by atoms with van der Waals surface area (Å²) in [5, 5.41) is 32.7. The van der Waals surface area contributed by atoms with Gasteiger partial charge >= 0.3 is 11.9 Å². The Hall–Kier alpha value is -3.26. The van der Waals surface area contributed by atoms with Crippen LogP contribution in [0.4, 0.5) is 0 Å². The molecular weight excluding hydrogens is 370 g/mol. The summed E-state index contributed by atoms with van der Waals surface area (Å²) in [7, 11) is 0. The van der Waals surface area contributed by atoms with Gasteiger partial charge in [0.2, 0.25) is 23.6 Å². The van der Waals surface area contributed by atoms with Crippen LogP contribution in [0, 0.1) is 0 Å². The Morgan fingerprint density at radius 2 is 1.33 bits per heavy atom. The smallest absolute Gasteiger partial charge is 0.326 e. The van der Waals surface area contributed by atoms with E-state index >= 15 is 0 Å². The maximum Gasteiger partial charge on any atom is 0.326 e. The minimum absolute atomic E-state index is 0.498. The van der Waals surface area contributed by atoms with E-state index in [4.69, 9.17) is 21.7 Å². The number of aliphatic hydroxyl groups is 1. The van der Waals surface area contributed by atoms with E-state index in [-0.39, 0.29) is 0 Å². The van der Waals surface area contributed by atoms with Crippen LogP contribution in [0.15, 0.2) is 0 Å². The summed E-state index contributed by atoms with van der Waals surface area (Å²) in [6, 6.07) is -4.98. The third-order valence-corrected chi connectivity index (χ3v) is 3.05. The molecule has 0 fully saturated rings. The van der Waals surface area contributed by atoms with E-state index in [1.807, 2.05) is 10.6 Å². The van der Waals surface area contributed by atoms with Gasteiger partial charge in [-0.25, -0.2) is 4.79 Å². The average molecular weight is 391 g/mol. The Labute approximate surface area is 152 Å². The molecule has 0 aromatic carbocycles. The molecule has 3 atom stereocenters. The summed E-state index contributed by atoms with van der Waals surface area (Å²) in [4.78, 5) is 68.0. The fraction of sp³-hybridized carbons (Fsp3) is 0.538. The van der Waals surface area contributed by atoms with E-state index in [0.717, 1.165) is 0 Å². The topological polar surface area (TPSA) is 251 Å². The van der Waals surface area contributed by atoms with Crippen molar-refractivity contribution >= 4 is 35.6 Å². The number of aliphatic hydroxyl groups excluding tert-OH is 1. The van der Waals surface area contributed by atoms with Crippen molar-refractivity contribution in [2.24, 2.45) is 11.5 Å². The van der Waals surface area contributed by atoms with Crippen LogP contribution >= 0.6 is 0 Å². The van der Waals surface area contributed by atoms with Crippen LogP contribution in [0.5, 0.6) is 0 Å². The van der Waals surface area contributed by atoms with Crippen LogP contribution in [0.25, 0.3) is 0 Å². The molecule has 0 aliphatic rings. The van der Waals surface area contributed by atoms with Crippen LogP contribution < -0.4 is 27.4 Å². The van der Waals surface area contributed by atoms with E-state index in [1.54, 1.807) is 0 Å². The summed E-state index contributed by atoms with van der Waals surface area (Å²) in [5.74, 6) is -7.16. The Bertz CT molecular complexity index is 609. The van der Waals surface area contributed by atoms with Crippen molar-refractivity contribution in [2.75, 3.05) is 13.2 Å². The summed E-state index contributed by atoms with van der Waals surface area (Å²) in [5.41, 5.74) is 10.0. The first kappa shape index (κ1) is 23.7. The lowest BCUT2D eigenvalue weighted by atomic mass is 10.1. The van der Waals surface area contributed by atoms with Crippen molar-refractivity contribution in [1.82, 2.24) is 16.0 Å². The Balaban J connectivity index is 5.12. The number of carbonyl (C=O) groups excluding carboxylic acids is 4. The molecule has 0 aliphatic heterocycles. The standard InChI is InChI=1S/C13H21N5O9/c14-3-9(21)16-5(1-8(15)20)11(24)18-7(4-19)12(25)17-6(13(26)27)2-10(22)23/h5-7,19H,1-4,14H2,(H2,15,20)(H,16,21)(H,17,25)(H,18,24)(H,22,23)(H,26,27). The SMILES string of the molecule is NCC(=O)NC(CC(N)=O)C(=O)NC(CO)C(=O)NC(CC(=O)O)C(=O)O. The van der Waals surface area contributed by atoms with Gasteiger partial charge in [0.05, 0.1) is 26.0 Å². The van der Waals surface area contributed by atoms with Crippen molar-refractivity contribution in [1.29, 1.82) is 0 Å². The molecule has 0 aromatic heterocycles. The molecule has 0 bridgehead atoms. The predicted octanol–water partition coefficient (Wildman–Crippen LogP) is -5.17. The van der Waals surface area contributed by atoms with Crippen LogP contribution in [-0.4, -0.2) is 82.2 Å². The lowest BCUT2D eigenvalue weighted by Crippen LogP contribution is -2.58. The predicted molar refractivity (Wildman–Crippen MR) is 85.6 cm³/mol. The summed E-state index contributed by atoms with van der Waals surface area (Å²) in [6.45, 7) is -1.48. The van der Waals surface area contributed by atoms with E-state index in [1.165, 1.54) is 0 Å². The molecule has 0 aliphatic carbocycles. The number of hydrogen-bond donors (Lipinski definition) is 8. The minimum atomic E-state index is -1.81. The van der Waals surface area contributed by atoms with Gasteiger partial charge in [-0.1, -0.05) is 0 Å². The number of hydrogen-bond acceptors (Lipinski definition) is 8. The Morgan fingerprint density at radius 3 is 1.74 bits per heavy atom. The zero-order valence-corrected chi connectivity index (χ0v) is 14.0. The van der Waals surface area contributed by atoms with E-state index < -0.39 is 79.7 Å². The highest BCUT2D eigenvalue weighted by atomic mass is 16.4. The van der Waals surface area contributed by atoms with Crippen LogP contribution in [0.2, 0.25) is 0 Å². The largest absolute Gasteiger partial charge is 0.481 e. The molecule has 152 valence electrons. The number of carboxylic acid groups (broad SMARTS) is 2. The van der Waals surface area contributed by atoms with Crippen molar-refractivity contribution in [3.8, 4) is 0 Å². The molecule has 0 radical (unpaired) electrons. The number of carboxylic acids is 2. The van der Waals surface area contributed by atoms with Crippen molar-refractivity contribution < 1.29 is 44.1 Å². The molecule has 0 spiro atoms. The molecule has 3 unspecified atom stereocenters. The molecule has 0 saturated heterocycles. The second kappa shape index (κ2) is 11.4. The van der Waals surface area contributed by atoms with Gasteiger partial charge in [0.15, 0.2) is 0 Å². The van der Waals surface area contributed by atoms with Crippen molar-refractivity contribution in [2.45, 2.75) is 31.0 Å². The third-order valence-electron chi connectivity index (χ3n) is 3.05. The normalized spacial score (nSPS) is 13.6. The first-order chi connectivity index (χ1) is 12.5. The quantitative estimate of drug-likeness (QED) is 0.157. The molecule has 0 saturated carbocycles. The van der Waals surface area contributed by atoms with Gasteiger partial charge in [0.25, 0.3) is 0 Å². The molecule has 0 aromatic rings. The number of nitrogens with one attached hydrogen (secondary N) is 3. The van der Waals surface area contributed by atoms with E-state index in [2.05, 4.69) is 5.32 Å². The molecule has 4 amide bonds. The molecular formula is C13H21N5O9. The fourth-order valence-electron chi connectivity index (χ4n) is 1.78. The van der Waals surface area contributed by atoms with Gasteiger partial charge < -0.3 is 42.7 Å². The van der Waals surface area contributed by atoms with Gasteiger partial charge in [0.1, 0.15) is 18.1 Å². The molecule has 0 rings (SSSR count). The van der Waals surface area contributed by atoms with Crippen molar-refractivity contribution in [3.05, 3.63) is 0 Å². The highest BCUT2D eigenvalue weighted by Crippen LogP contribution is 1.97. The zero-order chi connectivity index (χ0) is 21.1. The molecule has 27 heavy (non-hydrogen) atoms. The van der Waals surface area contributed by atoms with E-state index in [9.17, 15) is 33.9 Å². The Morgan fingerprint density at radius 1 is 0.815 bits per heavy atom. The number of nitrogens with two attached hydrogens (primary N) is 2. The maximum atomic E-state index is 12.1. The second-order valence-electron chi connectivity index (χ2n) is 5.24. The number of amides is 4. The first-order valence-corrected chi connectivity index (χ1v) is 7.45. The number of carbonyl (C=O) groups is 6. The molecule has 14 heteroatoms. The molecule has 0 heterocycles. The number of rotatable bonds is 12. The van der Waals surface area contributed by atoms with Crippen LogP contribution in [-0.2, 0) is 28.8 Å². The van der Waals surface area contributed by atoms with Crippen molar-refractivity contribution in [3.63, 3.8) is 0 Å². The second-order valence-corrected chi connectivity index (χ2v) is 5.24. The van der Waals surface area contributed by atoms with Gasteiger partial charge in [-0.3, -0.25) is 24.0 Å². The van der Waals surface area contributed by atoms with Crippen LogP contribution in [0.1, 0.15) is 12.8 Å². The van der Waals surface area contributed by atoms with Gasteiger partial charge in [0, 0.05) is 0 Å². The zero-order valence-electron chi connectivity index (χ0n) is 14.0. The summed E-state index contributed by atoms with van der Waals surface area (Å²) < 4.78 is 0. The number of primary amides is 1. The van der Waals surface area contributed by atoms with Crippen LogP contribution in [0.3, 0.4) is 0 Å². The fourth-order valence-corrected chi connectivity index (χ4v) is 1.78. The third kappa shape index (κ3) is 9.13. The summed E-state index contributed by atoms with van der Waals surface area (Å²) in [6.07, 6.45) is -1.57. The molecule has 14 nitrogen and oxygen atoms in total. The monoisotopic (exact) mass is 391 g/mol. The van der Waals surface area contributed by atoms with Gasteiger partial charge in [-0.2, -0.15) is 0 Å². The first-order valence-electron chi connectivity index (χ1n) is 7.45. The van der Waals surface area contributed by atoms with E-state index in [0.29, 0.717) is 0 Å². The highest BCUT2D eigenvalue weighted by molar-refractivity contribution is 5.96. The number of aliphatic carboxylic acids is 2. The molecule has 10 N–H and O–H groups in total. The minimum Gasteiger partial charge on any atom is -0.481 e. The maximum absolute atomic E-state index is 12.1. The lowest BCUT2D eigenvalue weighted by Gasteiger charge is -2.22. The summed E-state index contributed by atoms with van der Waals surface area (Å²) >= 11 is 0. The Kier molecular flexibility index (Phi) is 10.0. The lowest BCUT2D eigenvalue weighted by molar-refractivity contribution is -0.147. The highest BCUT2D eigenvalue weighted by Gasteiger charge is 2.30. The van der Waals surface area contributed by atoms with Gasteiger partial charge in [-0.15, -0.1) is 0 Å². The van der Waals surface area contributed by atoms with Gasteiger partial charge in [-0.05, 0) is 0 Å².